The molecule has 9 nitrogen and oxygen atoms in total. The molecule has 0 atom stereocenters. The van der Waals surface area contributed by atoms with Crippen molar-refractivity contribution in [3.63, 3.8) is 0 Å². The van der Waals surface area contributed by atoms with Gasteiger partial charge in [-0.25, -0.2) is 4.79 Å². The molecule has 0 fully saturated rings. The van der Waals surface area contributed by atoms with Gasteiger partial charge in [0.1, 0.15) is 6.54 Å². The van der Waals surface area contributed by atoms with Crippen LogP contribution in [0.15, 0.2) is 39.9 Å². The van der Waals surface area contributed by atoms with E-state index in [0.29, 0.717) is 0 Å². The molecule has 9 heteroatoms. The summed E-state index contributed by atoms with van der Waals surface area (Å²) in [4.78, 5) is 40.8. The number of benzene rings is 1. The summed E-state index contributed by atoms with van der Waals surface area (Å²) >= 11 is 0. The number of aromatic nitrogens is 4. The molecule has 25 heavy (non-hydrogen) atoms. The topological polar surface area (TPSA) is 100 Å². The highest BCUT2D eigenvalue weighted by molar-refractivity contribution is 5.79. The van der Waals surface area contributed by atoms with Gasteiger partial charge in [-0.1, -0.05) is 18.2 Å². The van der Waals surface area contributed by atoms with Crippen molar-refractivity contribution in [1.82, 2.24) is 18.7 Å². The van der Waals surface area contributed by atoms with Crippen LogP contribution in [0.1, 0.15) is 0 Å². The molecule has 3 aromatic rings. The lowest BCUT2D eigenvalue weighted by atomic mass is 10.3. The Labute approximate surface area is 142 Å². The standard InChI is InChI=1S/C16H17N5O4/c1-19-13-12(14(23)20(2)16(19)24)21(9-11(22)25-3)15(18-13)17-10-7-5-4-6-8-10/h4-8H,9H2,1-3H3,(H,17,18). The Morgan fingerprint density at radius 3 is 2.48 bits per heavy atom. The van der Waals surface area contributed by atoms with Gasteiger partial charge in [-0.05, 0) is 12.1 Å². The van der Waals surface area contributed by atoms with Crippen molar-refractivity contribution in [2.75, 3.05) is 12.4 Å². The van der Waals surface area contributed by atoms with Gasteiger partial charge in [0.2, 0.25) is 5.95 Å². The zero-order chi connectivity index (χ0) is 18.1. The summed E-state index contributed by atoms with van der Waals surface area (Å²) in [5.41, 5.74) is 0.0386. The highest BCUT2D eigenvalue weighted by Crippen LogP contribution is 2.20. The predicted molar refractivity (Wildman–Crippen MR) is 92.0 cm³/mol. The summed E-state index contributed by atoms with van der Waals surface area (Å²) < 4.78 is 8.36. The molecule has 2 heterocycles. The van der Waals surface area contributed by atoms with Crippen LogP contribution in [0.4, 0.5) is 11.6 Å². The number of esters is 1. The van der Waals surface area contributed by atoms with Crippen LogP contribution in [0.2, 0.25) is 0 Å². The van der Waals surface area contributed by atoms with Gasteiger partial charge in [0.25, 0.3) is 5.56 Å². The smallest absolute Gasteiger partial charge is 0.332 e. The van der Waals surface area contributed by atoms with E-state index in [4.69, 9.17) is 4.74 Å². The third kappa shape index (κ3) is 2.80. The van der Waals surface area contributed by atoms with E-state index >= 15 is 0 Å². The van der Waals surface area contributed by atoms with Gasteiger partial charge in [-0.3, -0.25) is 23.3 Å². The van der Waals surface area contributed by atoms with E-state index in [1.165, 1.54) is 30.3 Å². The molecule has 0 aliphatic carbocycles. The zero-order valence-electron chi connectivity index (χ0n) is 14.0. The van der Waals surface area contributed by atoms with Gasteiger partial charge in [-0.15, -0.1) is 0 Å². The Morgan fingerprint density at radius 2 is 1.84 bits per heavy atom. The molecule has 1 N–H and O–H groups in total. The van der Waals surface area contributed by atoms with Gasteiger partial charge in [-0.2, -0.15) is 4.98 Å². The molecule has 0 unspecified atom stereocenters. The van der Waals surface area contributed by atoms with Crippen LogP contribution in [0.3, 0.4) is 0 Å². The molecule has 0 saturated heterocycles. The van der Waals surface area contributed by atoms with Crippen LogP contribution in [0.5, 0.6) is 0 Å². The zero-order valence-corrected chi connectivity index (χ0v) is 14.0. The minimum absolute atomic E-state index is 0.147. The van der Waals surface area contributed by atoms with E-state index in [1.807, 2.05) is 30.3 Å². The molecule has 0 aliphatic heterocycles. The lowest BCUT2D eigenvalue weighted by molar-refractivity contribution is -0.141. The number of methoxy groups -OCH3 is 1. The maximum Gasteiger partial charge on any atom is 0.332 e. The Morgan fingerprint density at radius 1 is 1.16 bits per heavy atom. The van der Waals surface area contributed by atoms with Crippen LogP contribution >= 0.6 is 0 Å². The summed E-state index contributed by atoms with van der Waals surface area (Å²) in [6.45, 7) is -0.213. The first-order valence-corrected chi connectivity index (χ1v) is 7.49. The second-order valence-corrected chi connectivity index (χ2v) is 5.47. The van der Waals surface area contributed by atoms with Gasteiger partial charge >= 0.3 is 11.7 Å². The maximum absolute atomic E-state index is 12.6. The van der Waals surface area contributed by atoms with E-state index in [0.717, 1.165) is 10.3 Å². The highest BCUT2D eigenvalue weighted by atomic mass is 16.5. The van der Waals surface area contributed by atoms with Crippen LogP contribution in [-0.4, -0.2) is 31.8 Å². The number of hydrogen-bond donors (Lipinski definition) is 1. The van der Waals surface area contributed by atoms with Crippen LogP contribution < -0.4 is 16.6 Å². The first kappa shape index (κ1) is 16.5. The molecule has 1 aromatic carbocycles. The average Bonchev–Trinajstić information content (AvgIpc) is 2.97. The lowest BCUT2D eigenvalue weighted by Crippen LogP contribution is -2.37. The largest absolute Gasteiger partial charge is 0.468 e. The number of nitrogens with one attached hydrogen (secondary N) is 1. The Hall–Kier alpha value is -3.36. The monoisotopic (exact) mass is 343 g/mol. The fraction of sp³-hybridized carbons (Fsp3) is 0.250. The maximum atomic E-state index is 12.6. The molecule has 0 radical (unpaired) electrons. The molecule has 130 valence electrons. The number of hydrogen-bond acceptors (Lipinski definition) is 6. The normalized spacial score (nSPS) is 10.8. The van der Waals surface area contributed by atoms with Crippen molar-refractivity contribution >= 4 is 28.8 Å². The molecule has 0 spiro atoms. The van der Waals surface area contributed by atoms with Gasteiger partial charge < -0.3 is 10.1 Å². The van der Waals surface area contributed by atoms with Crippen molar-refractivity contribution in [1.29, 1.82) is 0 Å². The summed E-state index contributed by atoms with van der Waals surface area (Å²) in [5.74, 6) is -0.267. The van der Waals surface area contributed by atoms with E-state index in [1.54, 1.807) is 0 Å². The SMILES string of the molecule is COC(=O)Cn1c(Nc2ccccc2)nc2c1c(=O)n(C)c(=O)n2C. The number of imidazole rings is 1. The highest BCUT2D eigenvalue weighted by Gasteiger charge is 2.21. The number of ether oxygens (including phenoxy) is 1. The van der Waals surface area contributed by atoms with Crippen molar-refractivity contribution in [3.8, 4) is 0 Å². The van der Waals surface area contributed by atoms with E-state index in [-0.39, 0.29) is 23.7 Å². The van der Waals surface area contributed by atoms with Gasteiger partial charge in [0.15, 0.2) is 11.2 Å². The number of anilines is 2. The Bertz CT molecular complexity index is 1060. The summed E-state index contributed by atoms with van der Waals surface area (Å²) in [6.07, 6.45) is 0. The minimum Gasteiger partial charge on any atom is -0.468 e. The number of para-hydroxylation sites is 1. The quantitative estimate of drug-likeness (QED) is 0.686. The van der Waals surface area contributed by atoms with Crippen LogP contribution in [0, 0.1) is 0 Å². The number of fused-ring (bicyclic) bond motifs is 1. The second-order valence-electron chi connectivity index (χ2n) is 5.47. The molecule has 0 bridgehead atoms. The summed E-state index contributed by atoms with van der Waals surface area (Å²) in [5, 5.41) is 3.07. The van der Waals surface area contributed by atoms with Gasteiger partial charge in [0, 0.05) is 19.8 Å². The minimum atomic E-state index is -0.536. The van der Waals surface area contributed by atoms with Crippen molar-refractivity contribution in [3.05, 3.63) is 51.2 Å². The average molecular weight is 343 g/mol. The van der Waals surface area contributed by atoms with Crippen molar-refractivity contribution < 1.29 is 9.53 Å². The molecule has 2 aromatic heterocycles. The second kappa shape index (κ2) is 6.27. The fourth-order valence-corrected chi connectivity index (χ4v) is 2.54. The third-order valence-electron chi connectivity index (χ3n) is 3.89. The van der Waals surface area contributed by atoms with Crippen LogP contribution in [-0.2, 0) is 30.2 Å². The fourth-order valence-electron chi connectivity index (χ4n) is 2.54. The summed E-state index contributed by atoms with van der Waals surface area (Å²) in [7, 11) is 4.16. The number of carbonyl (C=O) groups excluding carboxylic acids is 1. The van der Waals surface area contributed by atoms with Gasteiger partial charge in [0.05, 0.1) is 7.11 Å². The third-order valence-corrected chi connectivity index (χ3v) is 3.89. The first-order chi connectivity index (χ1) is 11.9. The molecule has 0 saturated carbocycles. The van der Waals surface area contributed by atoms with E-state index in [9.17, 15) is 14.4 Å². The number of rotatable bonds is 4. The van der Waals surface area contributed by atoms with Crippen molar-refractivity contribution in [2.45, 2.75) is 6.54 Å². The Balaban J connectivity index is 2.28. The molecular formula is C16H17N5O4. The Kier molecular flexibility index (Phi) is 4.14. The molecule has 0 aliphatic rings. The lowest BCUT2D eigenvalue weighted by Gasteiger charge is -2.09. The number of nitrogens with zero attached hydrogens (tertiary/aromatic N) is 4. The first-order valence-electron chi connectivity index (χ1n) is 7.49. The van der Waals surface area contributed by atoms with Crippen LogP contribution in [0.25, 0.3) is 11.2 Å². The summed E-state index contributed by atoms with van der Waals surface area (Å²) in [6, 6.07) is 9.18. The molecule has 0 amide bonds. The van der Waals surface area contributed by atoms with E-state index in [2.05, 4.69) is 10.3 Å². The van der Waals surface area contributed by atoms with E-state index < -0.39 is 17.2 Å². The number of carbonyl (C=O) groups is 1. The predicted octanol–water partition coefficient (Wildman–Crippen LogP) is 0.350. The van der Waals surface area contributed by atoms with Crippen molar-refractivity contribution in [2.24, 2.45) is 14.1 Å². The molecule has 3 rings (SSSR count). The molecular weight excluding hydrogens is 326 g/mol. The number of aryl methyl sites for hydroxylation is 1.